The molecule has 1 saturated heterocycles. The zero-order valence-corrected chi connectivity index (χ0v) is 11.2. The third kappa shape index (κ3) is 1.99. The first-order chi connectivity index (χ1) is 8.34. The standard InChI is InChI=1S/C13H18N4O/c1-13(2,3)17-11(18)5-9(6-14)12(17)10-7-15-16(4)8-10/h7-9,12H,5H2,1-4H3/t9-,12-/m0/s1. The number of likely N-dealkylation sites (tertiary alicyclic amines) is 1. The second-order valence-electron chi connectivity index (χ2n) is 5.77. The number of aryl methyl sites for hydroxylation is 1. The highest BCUT2D eigenvalue weighted by Gasteiger charge is 2.46. The Labute approximate surface area is 107 Å². The Morgan fingerprint density at radius 1 is 1.50 bits per heavy atom. The van der Waals surface area contributed by atoms with E-state index in [4.69, 9.17) is 0 Å². The van der Waals surface area contributed by atoms with Crippen molar-refractivity contribution < 1.29 is 4.79 Å². The van der Waals surface area contributed by atoms with Crippen LogP contribution in [0.25, 0.3) is 0 Å². The van der Waals surface area contributed by atoms with Crippen molar-refractivity contribution in [1.82, 2.24) is 14.7 Å². The molecule has 5 nitrogen and oxygen atoms in total. The van der Waals surface area contributed by atoms with Crippen molar-refractivity contribution in [2.75, 3.05) is 0 Å². The van der Waals surface area contributed by atoms with E-state index in [0.717, 1.165) is 5.56 Å². The Bertz CT molecular complexity index is 506. The van der Waals surface area contributed by atoms with E-state index in [9.17, 15) is 10.1 Å². The Morgan fingerprint density at radius 3 is 2.61 bits per heavy atom. The minimum Gasteiger partial charge on any atom is -0.329 e. The van der Waals surface area contributed by atoms with Gasteiger partial charge in [0.15, 0.2) is 0 Å². The van der Waals surface area contributed by atoms with Crippen molar-refractivity contribution in [2.24, 2.45) is 13.0 Å². The molecule has 1 amide bonds. The van der Waals surface area contributed by atoms with Gasteiger partial charge in [0.2, 0.25) is 5.91 Å². The van der Waals surface area contributed by atoms with Gasteiger partial charge in [-0.1, -0.05) is 0 Å². The number of carbonyl (C=O) groups excluding carboxylic acids is 1. The van der Waals surface area contributed by atoms with E-state index in [1.165, 1.54) is 0 Å². The van der Waals surface area contributed by atoms with Crippen LogP contribution in [0.5, 0.6) is 0 Å². The highest BCUT2D eigenvalue weighted by Crippen LogP contribution is 2.41. The Balaban J connectivity index is 2.45. The van der Waals surface area contributed by atoms with Crippen LogP contribution in [-0.4, -0.2) is 26.1 Å². The molecule has 0 bridgehead atoms. The summed E-state index contributed by atoms with van der Waals surface area (Å²) in [5.74, 6) is -0.246. The number of rotatable bonds is 1. The van der Waals surface area contributed by atoms with E-state index in [0.29, 0.717) is 6.42 Å². The Kier molecular flexibility index (Phi) is 2.89. The van der Waals surface area contributed by atoms with Gasteiger partial charge in [-0.15, -0.1) is 0 Å². The summed E-state index contributed by atoms with van der Waals surface area (Å²) in [7, 11) is 1.84. The van der Waals surface area contributed by atoms with E-state index in [2.05, 4.69) is 11.2 Å². The fourth-order valence-corrected chi connectivity index (χ4v) is 2.62. The quantitative estimate of drug-likeness (QED) is 0.756. The van der Waals surface area contributed by atoms with E-state index in [1.54, 1.807) is 10.9 Å². The van der Waals surface area contributed by atoms with Gasteiger partial charge in [-0.3, -0.25) is 9.48 Å². The van der Waals surface area contributed by atoms with Crippen molar-refractivity contribution in [3.8, 4) is 6.07 Å². The third-order valence-corrected chi connectivity index (χ3v) is 3.28. The number of hydrogen-bond acceptors (Lipinski definition) is 3. The molecule has 2 atom stereocenters. The molecule has 18 heavy (non-hydrogen) atoms. The molecule has 1 aliphatic heterocycles. The first kappa shape index (κ1) is 12.6. The molecule has 0 saturated carbocycles. The summed E-state index contributed by atoms with van der Waals surface area (Å²) in [6.45, 7) is 5.98. The highest BCUT2D eigenvalue weighted by molar-refractivity contribution is 5.81. The summed E-state index contributed by atoms with van der Waals surface area (Å²) in [4.78, 5) is 13.9. The Morgan fingerprint density at radius 2 is 2.17 bits per heavy atom. The molecule has 1 aliphatic rings. The molecule has 0 radical (unpaired) electrons. The SMILES string of the molecule is Cn1cc([C@@H]2[C@H](C#N)CC(=O)N2C(C)(C)C)cn1. The topological polar surface area (TPSA) is 61.9 Å². The number of nitriles is 1. The van der Waals surface area contributed by atoms with Gasteiger partial charge in [0, 0.05) is 30.8 Å². The van der Waals surface area contributed by atoms with Crippen molar-refractivity contribution in [3.05, 3.63) is 18.0 Å². The maximum Gasteiger partial charge on any atom is 0.224 e. The summed E-state index contributed by atoms with van der Waals surface area (Å²) in [6, 6.07) is 2.07. The Hall–Kier alpha value is -1.83. The predicted molar refractivity (Wildman–Crippen MR) is 66.3 cm³/mol. The average Bonchev–Trinajstić information content (AvgIpc) is 2.80. The van der Waals surface area contributed by atoms with Crippen LogP contribution in [0.3, 0.4) is 0 Å². The predicted octanol–water partition coefficient (Wildman–Crippen LogP) is 1.63. The molecule has 0 N–H and O–H groups in total. The van der Waals surface area contributed by atoms with Crippen LogP contribution < -0.4 is 0 Å². The lowest BCUT2D eigenvalue weighted by Crippen LogP contribution is -2.44. The summed E-state index contributed by atoms with van der Waals surface area (Å²) in [6.07, 6.45) is 3.92. The number of amides is 1. The van der Waals surface area contributed by atoms with Gasteiger partial charge in [0.05, 0.1) is 24.2 Å². The van der Waals surface area contributed by atoms with Crippen molar-refractivity contribution >= 4 is 5.91 Å². The lowest BCUT2D eigenvalue weighted by atomic mass is 9.95. The number of hydrogen-bond donors (Lipinski definition) is 0. The molecule has 0 aliphatic carbocycles. The minimum absolute atomic E-state index is 0.0444. The molecule has 0 unspecified atom stereocenters. The second-order valence-corrected chi connectivity index (χ2v) is 5.77. The maximum atomic E-state index is 12.1. The molecule has 0 aromatic carbocycles. The van der Waals surface area contributed by atoms with Gasteiger partial charge in [0.25, 0.3) is 0 Å². The zero-order chi connectivity index (χ0) is 13.5. The van der Waals surface area contributed by atoms with Crippen molar-refractivity contribution in [2.45, 2.75) is 38.8 Å². The van der Waals surface area contributed by atoms with Crippen LogP contribution in [0.15, 0.2) is 12.4 Å². The normalized spacial score (nSPS) is 24.4. The van der Waals surface area contributed by atoms with Crippen LogP contribution in [-0.2, 0) is 11.8 Å². The summed E-state index contributed by atoms with van der Waals surface area (Å²) < 4.78 is 1.70. The fraction of sp³-hybridized carbons (Fsp3) is 0.615. The van der Waals surface area contributed by atoms with Gasteiger partial charge in [-0.25, -0.2) is 0 Å². The van der Waals surface area contributed by atoms with Gasteiger partial charge < -0.3 is 4.90 Å². The van der Waals surface area contributed by atoms with Gasteiger partial charge >= 0.3 is 0 Å². The maximum absolute atomic E-state index is 12.1. The zero-order valence-electron chi connectivity index (χ0n) is 11.2. The number of aromatic nitrogens is 2. The van der Waals surface area contributed by atoms with Gasteiger partial charge in [-0.2, -0.15) is 10.4 Å². The molecule has 96 valence electrons. The van der Waals surface area contributed by atoms with Crippen molar-refractivity contribution in [3.63, 3.8) is 0 Å². The van der Waals surface area contributed by atoms with Crippen LogP contribution in [0.4, 0.5) is 0 Å². The molecular formula is C13H18N4O. The molecule has 1 aromatic heterocycles. The molecular weight excluding hydrogens is 228 g/mol. The lowest BCUT2D eigenvalue weighted by Gasteiger charge is -2.37. The largest absolute Gasteiger partial charge is 0.329 e. The molecule has 1 fully saturated rings. The highest BCUT2D eigenvalue weighted by atomic mass is 16.2. The van der Waals surface area contributed by atoms with Crippen molar-refractivity contribution in [1.29, 1.82) is 5.26 Å². The monoisotopic (exact) mass is 246 g/mol. The summed E-state index contributed by atoms with van der Waals surface area (Å²) >= 11 is 0. The molecule has 0 spiro atoms. The molecule has 2 rings (SSSR count). The lowest BCUT2D eigenvalue weighted by molar-refractivity contribution is -0.133. The molecule has 1 aromatic rings. The average molecular weight is 246 g/mol. The second kappa shape index (κ2) is 4.13. The third-order valence-electron chi connectivity index (χ3n) is 3.28. The van der Waals surface area contributed by atoms with Crippen LogP contribution in [0.1, 0.15) is 38.8 Å². The van der Waals surface area contributed by atoms with E-state index < -0.39 is 0 Å². The van der Waals surface area contributed by atoms with Crippen LogP contribution >= 0.6 is 0 Å². The van der Waals surface area contributed by atoms with Gasteiger partial charge in [0.1, 0.15) is 0 Å². The van der Waals surface area contributed by atoms with Crippen LogP contribution in [0.2, 0.25) is 0 Å². The number of nitrogens with zero attached hydrogens (tertiary/aromatic N) is 4. The smallest absolute Gasteiger partial charge is 0.224 e. The summed E-state index contributed by atoms with van der Waals surface area (Å²) in [5.41, 5.74) is 0.647. The van der Waals surface area contributed by atoms with Gasteiger partial charge in [-0.05, 0) is 20.8 Å². The van der Waals surface area contributed by atoms with E-state index in [-0.39, 0.29) is 23.4 Å². The van der Waals surface area contributed by atoms with E-state index in [1.807, 2.05) is 38.9 Å². The first-order valence-electron chi connectivity index (χ1n) is 6.05. The van der Waals surface area contributed by atoms with E-state index >= 15 is 0 Å². The van der Waals surface area contributed by atoms with Crippen LogP contribution in [0, 0.1) is 17.2 Å². The minimum atomic E-state index is -0.291. The molecule has 2 heterocycles. The molecule has 5 heteroatoms. The summed E-state index contributed by atoms with van der Waals surface area (Å²) in [5, 5.41) is 13.4. The number of carbonyl (C=O) groups is 1. The first-order valence-corrected chi connectivity index (χ1v) is 6.05. The fourth-order valence-electron chi connectivity index (χ4n) is 2.62.